The van der Waals surface area contributed by atoms with Gasteiger partial charge in [-0.1, -0.05) is 0 Å². The number of imidazole rings is 1. The molecule has 102 valence electrons. The van der Waals surface area contributed by atoms with E-state index in [-0.39, 0.29) is 24.8 Å². The Morgan fingerprint density at radius 2 is 2.05 bits per heavy atom. The Balaban J connectivity index is 2.00. The summed E-state index contributed by atoms with van der Waals surface area (Å²) in [7, 11) is 1.64. The van der Waals surface area contributed by atoms with Gasteiger partial charge in [0.25, 0.3) is 5.89 Å². The molecule has 6 nitrogen and oxygen atoms in total. The molecule has 0 bridgehead atoms. The third kappa shape index (κ3) is 1.90. The van der Waals surface area contributed by atoms with Gasteiger partial charge in [0.1, 0.15) is 6.26 Å². The molecule has 0 amide bonds. The first kappa shape index (κ1) is 12.2. The van der Waals surface area contributed by atoms with Gasteiger partial charge in [-0.05, 0) is 0 Å². The van der Waals surface area contributed by atoms with Gasteiger partial charge in [-0.2, -0.15) is 18.2 Å². The Hall–Kier alpha value is -1.87. The SMILES string of the molecule is Cn1c(-c2nc(C(F)(F)F)co2)nc2c1CN(O)C2. The molecule has 2 aromatic rings. The second kappa shape index (κ2) is 3.81. The summed E-state index contributed by atoms with van der Waals surface area (Å²) in [5.41, 5.74) is 0.241. The lowest BCUT2D eigenvalue weighted by molar-refractivity contribution is -0.141. The van der Waals surface area contributed by atoms with E-state index in [0.29, 0.717) is 12.0 Å². The fourth-order valence-electron chi connectivity index (χ4n) is 2.01. The highest BCUT2D eigenvalue weighted by Gasteiger charge is 2.36. The van der Waals surface area contributed by atoms with Crippen LogP contribution in [-0.4, -0.2) is 24.8 Å². The zero-order chi connectivity index (χ0) is 13.8. The molecule has 0 radical (unpaired) electrons. The monoisotopic (exact) mass is 274 g/mol. The van der Waals surface area contributed by atoms with Crippen molar-refractivity contribution in [2.45, 2.75) is 19.3 Å². The zero-order valence-corrected chi connectivity index (χ0v) is 9.77. The molecular weight excluding hydrogens is 265 g/mol. The van der Waals surface area contributed by atoms with Crippen LogP contribution in [0.1, 0.15) is 17.1 Å². The summed E-state index contributed by atoms with van der Waals surface area (Å²) < 4.78 is 43.7. The van der Waals surface area contributed by atoms with E-state index in [2.05, 4.69) is 9.97 Å². The predicted octanol–water partition coefficient (Wildman–Crippen LogP) is 1.80. The van der Waals surface area contributed by atoms with Gasteiger partial charge < -0.3 is 14.2 Å². The molecule has 3 rings (SSSR count). The van der Waals surface area contributed by atoms with Crippen molar-refractivity contribution in [3.05, 3.63) is 23.3 Å². The fourth-order valence-corrected chi connectivity index (χ4v) is 2.01. The Kier molecular flexibility index (Phi) is 2.44. The number of halogens is 3. The number of nitrogens with zero attached hydrogens (tertiary/aromatic N) is 4. The average Bonchev–Trinajstić information content (AvgIpc) is 2.94. The van der Waals surface area contributed by atoms with Gasteiger partial charge in [0, 0.05) is 7.05 Å². The van der Waals surface area contributed by atoms with Crippen LogP contribution in [0.15, 0.2) is 10.7 Å². The summed E-state index contributed by atoms with van der Waals surface area (Å²) in [6.07, 6.45) is -3.98. The summed E-state index contributed by atoms with van der Waals surface area (Å²) in [5, 5.41) is 10.4. The van der Waals surface area contributed by atoms with Gasteiger partial charge in [-0.15, -0.1) is 0 Å². The number of hydrogen-bond acceptors (Lipinski definition) is 5. The van der Waals surface area contributed by atoms with E-state index in [1.165, 1.54) is 0 Å². The third-order valence-corrected chi connectivity index (χ3v) is 2.95. The Morgan fingerprint density at radius 1 is 1.32 bits per heavy atom. The summed E-state index contributed by atoms with van der Waals surface area (Å²) in [4.78, 5) is 7.54. The minimum atomic E-state index is -4.54. The van der Waals surface area contributed by atoms with Gasteiger partial charge in [-0.3, -0.25) is 0 Å². The number of alkyl halides is 3. The van der Waals surface area contributed by atoms with Crippen molar-refractivity contribution in [3.8, 4) is 11.7 Å². The maximum atomic E-state index is 12.4. The maximum Gasteiger partial charge on any atom is 0.436 e. The number of aromatic nitrogens is 3. The maximum absolute atomic E-state index is 12.4. The summed E-state index contributed by atoms with van der Waals surface area (Å²) >= 11 is 0. The zero-order valence-electron chi connectivity index (χ0n) is 9.77. The first-order chi connectivity index (χ1) is 8.86. The van der Waals surface area contributed by atoms with Crippen molar-refractivity contribution >= 4 is 0 Å². The molecule has 0 aromatic carbocycles. The van der Waals surface area contributed by atoms with Gasteiger partial charge in [0.2, 0.25) is 0 Å². The summed E-state index contributed by atoms with van der Waals surface area (Å²) in [5.74, 6) is 0.0299. The number of oxazole rings is 1. The molecule has 0 fully saturated rings. The first-order valence-corrected chi connectivity index (χ1v) is 5.37. The molecular formula is C10H9F3N4O2. The molecule has 9 heteroatoms. The molecule has 0 unspecified atom stereocenters. The van der Waals surface area contributed by atoms with Gasteiger partial charge in [0.05, 0.1) is 24.5 Å². The third-order valence-electron chi connectivity index (χ3n) is 2.95. The normalized spacial score (nSPS) is 16.1. The molecule has 1 aliphatic rings. The van der Waals surface area contributed by atoms with Gasteiger partial charge in [-0.25, -0.2) is 9.97 Å². The van der Waals surface area contributed by atoms with Crippen molar-refractivity contribution in [2.24, 2.45) is 7.05 Å². The lowest BCUT2D eigenvalue weighted by Gasteiger charge is -2.05. The molecule has 3 heterocycles. The Morgan fingerprint density at radius 3 is 2.63 bits per heavy atom. The van der Waals surface area contributed by atoms with Crippen LogP contribution in [-0.2, 0) is 26.3 Å². The van der Waals surface area contributed by atoms with Crippen LogP contribution in [0.2, 0.25) is 0 Å². The van der Waals surface area contributed by atoms with E-state index < -0.39 is 11.9 Å². The van der Waals surface area contributed by atoms with Crippen LogP contribution in [0.4, 0.5) is 13.2 Å². The standard InChI is InChI=1S/C10H9F3N4O2/c1-16-6-3-17(18)2-5(6)14-8(16)9-15-7(4-19-9)10(11,12)13/h4,18H,2-3H2,1H3. The number of rotatable bonds is 1. The molecule has 19 heavy (non-hydrogen) atoms. The first-order valence-electron chi connectivity index (χ1n) is 5.37. The topological polar surface area (TPSA) is 67.3 Å². The fraction of sp³-hybridized carbons (Fsp3) is 0.400. The second-order valence-electron chi connectivity index (χ2n) is 4.25. The van der Waals surface area contributed by atoms with E-state index in [9.17, 15) is 18.4 Å². The molecule has 0 atom stereocenters. The molecule has 0 saturated heterocycles. The van der Waals surface area contributed by atoms with E-state index in [0.717, 1.165) is 10.8 Å². The molecule has 2 aromatic heterocycles. The van der Waals surface area contributed by atoms with Crippen molar-refractivity contribution in [1.82, 2.24) is 19.6 Å². The number of hydroxylamine groups is 2. The van der Waals surface area contributed by atoms with Crippen molar-refractivity contribution in [1.29, 1.82) is 0 Å². The van der Waals surface area contributed by atoms with Crippen LogP contribution in [0.25, 0.3) is 11.7 Å². The van der Waals surface area contributed by atoms with Crippen LogP contribution in [0.5, 0.6) is 0 Å². The number of fused-ring (bicyclic) bond motifs is 1. The highest BCUT2D eigenvalue weighted by molar-refractivity contribution is 5.45. The van der Waals surface area contributed by atoms with Crippen LogP contribution >= 0.6 is 0 Å². The second-order valence-corrected chi connectivity index (χ2v) is 4.25. The van der Waals surface area contributed by atoms with E-state index >= 15 is 0 Å². The number of hydrogen-bond donors (Lipinski definition) is 1. The molecule has 0 saturated carbocycles. The van der Waals surface area contributed by atoms with Crippen molar-refractivity contribution in [2.75, 3.05) is 0 Å². The minimum absolute atomic E-state index is 0.186. The van der Waals surface area contributed by atoms with Gasteiger partial charge in [0.15, 0.2) is 11.5 Å². The lowest BCUT2D eigenvalue weighted by atomic mass is 10.4. The Labute approximate surface area is 105 Å². The molecule has 1 N–H and O–H groups in total. The van der Waals surface area contributed by atoms with Crippen LogP contribution < -0.4 is 0 Å². The van der Waals surface area contributed by atoms with Gasteiger partial charge >= 0.3 is 6.18 Å². The van der Waals surface area contributed by atoms with E-state index in [1.54, 1.807) is 11.6 Å². The van der Waals surface area contributed by atoms with E-state index in [4.69, 9.17) is 4.42 Å². The van der Waals surface area contributed by atoms with Crippen LogP contribution in [0.3, 0.4) is 0 Å². The Bertz CT molecular complexity index is 631. The molecule has 1 aliphatic heterocycles. The molecule has 0 spiro atoms. The lowest BCUT2D eigenvalue weighted by Crippen LogP contribution is -2.12. The highest BCUT2D eigenvalue weighted by Crippen LogP contribution is 2.32. The van der Waals surface area contributed by atoms with Crippen molar-refractivity contribution < 1.29 is 22.8 Å². The van der Waals surface area contributed by atoms with Crippen molar-refractivity contribution in [3.63, 3.8) is 0 Å². The molecule has 0 aliphatic carbocycles. The predicted molar refractivity (Wildman–Crippen MR) is 54.7 cm³/mol. The van der Waals surface area contributed by atoms with E-state index in [1.807, 2.05) is 0 Å². The smallest absolute Gasteiger partial charge is 0.436 e. The summed E-state index contributed by atoms with van der Waals surface area (Å²) in [6, 6.07) is 0. The summed E-state index contributed by atoms with van der Waals surface area (Å²) in [6.45, 7) is 0.502. The minimum Gasteiger partial charge on any atom is -0.442 e. The average molecular weight is 274 g/mol. The largest absolute Gasteiger partial charge is 0.442 e. The quantitative estimate of drug-likeness (QED) is 0.858. The van der Waals surface area contributed by atoms with Crippen LogP contribution in [0, 0.1) is 0 Å². The highest BCUT2D eigenvalue weighted by atomic mass is 19.4.